The predicted molar refractivity (Wildman–Crippen MR) is 107 cm³/mol. The molecule has 1 atom stereocenters. The number of ether oxygens (including phenoxy) is 3. The Labute approximate surface area is 178 Å². The minimum atomic E-state index is -1.16. The number of aliphatic hydroxyl groups is 1. The van der Waals surface area contributed by atoms with Crippen LogP contribution in [0.5, 0.6) is 5.88 Å². The van der Waals surface area contributed by atoms with Crippen molar-refractivity contribution in [2.24, 2.45) is 0 Å². The topological polar surface area (TPSA) is 103 Å². The van der Waals surface area contributed by atoms with Crippen molar-refractivity contribution < 1.29 is 28.5 Å². The van der Waals surface area contributed by atoms with Crippen molar-refractivity contribution >= 4 is 5.91 Å². The van der Waals surface area contributed by atoms with Gasteiger partial charge in [-0.15, -0.1) is 0 Å². The maximum absolute atomic E-state index is 14.4. The van der Waals surface area contributed by atoms with E-state index in [4.69, 9.17) is 14.2 Å². The van der Waals surface area contributed by atoms with E-state index in [1.165, 1.54) is 24.7 Å². The first kappa shape index (κ1) is 21.0. The fourth-order valence-corrected chi connectivity index (χ4v) is 3.20. The Hall–Kier alpha value is -3.30. The second kappa shape index (κ2) is 8.44. The van der Waals surface area contributed by atoms with Gasteiger partial charge in [-0.1, -0.05) is 12.1 Å². The SMILES string of the molecule is CC(C)(O)c1ccc(CNC(=O)c2cncnc2OC2=CC=C3OCOC3C2)c(F)c1. The van der Waals surface area contributed by atoms with E-state index in [1.807, 2.05) is 0 Å². The van der Waals surface area contributed by atoms with Crippen LogP contribution in [0.3, 0.4) is 0 Å². The van der Waals surface area contributed by atoms with Gasteiger partial charge in [-0.3, -0.25) is 4.79 Å². The number of fused-ring (bicyclic) bond motifs is 1. The van der Waals surface area contributed by atoms with Crippen LogP contribution in [0.2, 0.25) is 0 Å². The molecule has 1 amide bonds. The van der Waals surface area contributed by atoms with Crippen LogP contribution in [0.1, 0.15) is 41.8 Å². The monoisotopic (exact) mass is 427 g/mol. The predicted octanol–water partition coefficient (Wildman–Crippen LogP) is 2.70. The van der Waals surface area contributed by atoms with Gasteiger partial charge in [-0.05, 0) is 37.6 Å². The van der Waals surface area contributed by atoms with E-state index in [1.54, 1.807) is 32.1 Å². The molecule has 2 heterocycles. The Morgan fingerprint density at radius 1 is 1.39 bits per heavy atom. The number of nitrogens with zero attached hydrogens (tertiary/aromatic N) is 2. The smallest absolute Gasteiger partial charge is 0.258 e. The maximum atomic E-state index is 14.4. The summed E-state index contributed by atoms with van der Waals surface area (Å²) in [7, 11) is 0. The third-order valence-corrected chi connectivity index (χ3v) is 4.98. The summed E-state index contributed by atoms with van der Waals surface area (Å²) in [6.07, 6.45) is 6.36. The number of carbonyl (C=O) groups excluding carboxylic acids is 1. The summed E-state index contributed by atoms with van der Waals surface area (Å²) < 4.78 is 31.0. The number of allylic oxidation sites excluding steroid dienone is 2. The number of halogens is 1. The molecule has 2 aromatic rings. The minimum Gasteiger partial charge on any atom is -0.469 e. The number of nitrogens with one attached hydrogen (secondary N) is 1. The van der Waals surface area contributed by atoms with Gasteiger partial charge < -0.3 is 24.6 Å². The molecule has 9 heteroatoms. The van der Waals surface area contributed by atoms with Gasteiger partial charge in [0.15, 0.2) is 6.79 Å². The highest BCUT2D eigenvalue weighted by molar-refractivity contribution is 5.96. The molecule has 1 unspecified atom stereocenters. The second-order valence-corrected chi connectivity index (χ2v) is 7.72. The molecular formula is C22H22FN3O5. The molecule has 0 bridgehead atoms. The highest BCUT2D eigenvalue weighted by Gasteiger charge is 2.28. The largest absolute Gasteiger partial charge is 0.469 e. The van der Waals surface area contributed by atoms with E-state index in [0.717, 1.165) is 5.76 Å². The molecule has 1 aliphatic heterocycles. The van der Waals surface area contributed by atoms with Crippen LogP contribution >= 0.6 is 0 Å². The Morgan fingerprint density at radius 3 is 3.00 bits per heavy atom. The fraction of sp³-hybridized carbons (Fsp3) is 0.318. The Kier molecular flexibility index (Phi) is 5.71. The lowest BCUT2D eigenvalue weighted by molar-refractivity contribution is 0.0475. The van der Waals surface area contributed by atoms with Gasteiger partial charge in [0.05, 0.1) is 5.60 Å². The molecule has 0 spiro atoms. The van der Waals surface area contributed by atoms with E-state index in [2.05, 4.69) is 15.3 Å². The highest BCUT2D eigenvalue weighted by atomic mass is 19.1. The van der Waals surface area contributed by atoms with Gasteiger partial charge in [0.1, 0.15) is 35.3 Å². The van der Waals surface area contributed by atoms with Crippen molar-refractivity contribution in [2.75, 3.05) is 6.79 Å². The van der Waals surface area contributed by atoms with Crippen LogP contribution in [0, 0.1) is 5.82 Å². The first-order valence-electron chi connectivity index (χ1n) is 9.74. The standard InChI is InChI=1S/C22H22FN3O5/c1-22(2,28)14-4-3-13(17(23)7-14)9-25-20(27)16-10-24-11-26-21(16)31-15-5-6-18-19(8-15)30-12-29-18/h3-7,10-11,19,28H,8-9,12H2,1-2H3,(H,25,27). The van der Waals surface area contributed by atoms with E-state index in [-0.39, 0.29) is 36.4 Å². The lowest BCUT2D eigenvalue weighted by atomic mass is 9.97. The molecule has 2 N–H and O–H groups in total. The van der Waals surface area contributed by atoms with Crippen LogP contribution in [-0.2, 0) is 21.6 Å². The van der Waals surface area contributed by atoms with E-state index >= 15 is 0 Å². The van der Waals surface area contributed by atoms with Crippen LogP contribution in [0.25, 0.3) is 0 Å². The molecule has 1 saturated heterocycles. The number of hydrogen-bond acceptors (Lipinski definition) is 7. The quantitative estimate of drug-likeness (QED) is 0.731. The molecule has 162 valence electrons. The summed E-state index contributed by atoms with van der Waals surface area (Å²) in [5.41, 5.74) is -0.306. The van der Waals surface area contributed by atoms with E-state index in [0.29, 0.717) is 17.7 Å². The summed E-state index contributed by atoms with van der Waals surface area (Å²) in [6.45, 7) is 3.30. The van der Waals surface area contributed by atoms with Crippen LogP contribution in [0.4, 0.5) is 4.39 Å². The number of carbonyl (C=O) groups is 1. The van der Waals surface area contributed by atoms with Crippen molar-refractivity contribution in [1.82, 2.24) is 15.3 Å². The third-order valence-electron chi connectivity index (χ3n) is 4.98. The minimum absolute atomic E-state index is 0.0484. The maximum Gasteiger partial charge on any atom is 0.258 e. The van der Waals surface area contributed by atoms with Crippen molar-refractivity contribution in [1.29, 1.82) is 0 Å². The lowest BCUT2D eigenvalue weighted by Gasteiger charge is -2.19. The Balaban J connectivity index is 1.44. The molecule has 4 rings (SSSR count). The normalized spacial score (nSPS) is 17.9. The molecular weight excluding hydrogens is 405 g/mol. The summed E-state index contributed by atoms with van der Waals surface area (Å²) in [5.74, 6) is 0.377. The molecule has 1 aromatic carbocycles. The summed E-state index contributed by atoms with van der Waals surface area (Å²) in [4.78, 5) is 20.6. The summed E-state index contributed by atoms with van der Waals surface area (Å²) in [6, 6.07) is 4.41. The van der Waals surface area contributed by atoms with Crippen molar-refractivity contribution in [2.45, 2.75) is 38.5 Å². The number of aromatic nitrogens is 2. The average molecular weight is 427 g/mol. The zero-order chi connectivity index (χ0) is 22.0. The van der Waals surface area contributed by atoms with E-state index in [9.17, 15) is 14.3 Å². The molecule has 1 aromatic heterocycles. The third kappa shape index (κ3) is 4.73. The van der Waals surface area contributed by atoms with Crippen LogP contribution in [-0.4, -0.2) is 33.9 Å². The summed E-state index contributed by atoms with van der Waals surface area (Å²) in [5, 5.41) is 12.7. The lowest BCUT2D eigenvalue weighted by Crippen LogP contribution is -2.25. The molecule has 2 aliphatic rings. The Morgan fingerprint density at radius 2 is 2.23 bits per heavy atom. The van der Waals surface area contributed by atoms with Crippen LogP contribution in [0.15, 0.2) is 54.4 Å². The average Bonchev–Trinajstić information content (AvgIpc) is 3.20. The van der Waals surface area contributed by atoms with Crippen molar-refractivity contribution in [3.63, 3.8) is 0 Å². The summed E-state index contributed by atoms with van der Waals surface area (Å²) >= 11 is 0. The first-order chi connectivity index (χ1) is 14.8. The molecule has 1 fully saturated rings. The first-order valence-corrected chi connectivity index (χ1v) is 9.74. The van der Waals surface area contributed by atoms with Crippen molar-refractivity contribution in [3.8, 4) is 5.88 Å². The second-order valence-electron chi connectivity index (χ2n) is 7.72. The number of benzene rings is 1. The van der Waals surface area contributed by atoms with Crippen LogP contribution < -0.4 is 10.1 Å². The zero-order valence-electron chi connectivity index (χ0n) is 17.1. The Bertz CT molecular complexity index is 1060. The molecule has 1 aliphatic carbocycles. The number of amides is 1. The van der Waals surface area contributed by atoms with E-state index < -0.39 is 17.3 Å². The zero-order valence-corrected chi connectivity index (χ0v) is 17.1. The number of rotatable bonds is 6. The van der Waals surface area contributed by atoms with Gasteiger partial charge in [0, 0.05) is 24.7 Å². The van der Waals surface area contributed by atoms with Gasteiger partial charge in [0.25, 0.3) is 5.91 Å². The number of hydrogen-bond donors (Lipinski definition) is 2. The van der Waals surface area contributed by atoms with Gasteiger partial charge in [0.2, 0.25) is 5.88 Å². The fourth-order valence-electron chi connectivity index (χ4n) is 3.20. The molecule has 0 radical (unpaired) electrons. The molecule has 0 saturated carbocycles. The van der Waals surface area contributed by atoms with Gasteiger partial charge in [-0.25, -0.2) is 14.4 Å². The van der Waals surface area contributed by atoms with Gasteiger partial charge in [-0.2, -0.15) is 0 Å². The molecule has 31 heavy (non-hydrogen) atoms. The molecule has 8 nitrogen and oxygen atoms in total. The van der Waals surface area contributed by atoms with Gasteiger partial charge >= 0.3 is 0 Å². The van der Waals surface area contributed by atoms with Crippen molar-refractivity contribution in [3.05, 3.63) is 76.9 Å². The highest BCUT2D eigenvalue weighted by Crippen LogP contribution is 2.29.